The Balaban J connectivity index is 0.00000300. The Kier molecular flexibility index (Phi) is 8.85. The van der Waals surface area contributed by atoms with Gasteiger partial charge in [0.05, 0.1) is 6.61 Å². The van der Waals surface area contributed by atoms with E-state index in [1.807, 2.05) is 68.4 Å². The fourth-order valence-corrected chi connectivity index (χ4v) is 7.95. The van der Waals surface area contributed by atoms with Crippen LogP contribution in [0.25, 0.3) is 0 Å². The van der Waals surface area contributed by atoms with E-state index in [0.29, 0.717) is 13.2 Å². The third kappa shape index (κ3) is 4.70. The maximum absolute atomic E-state index is 13.2. The van der Waals surface area contributed by atoms with E-state index >= 15 is 0 Å². The van der Waals surface area contributed by atoms with Gasteiger partial charge in [0.25, 0.3) is 5.85 Å². The lowest BCUT2D eigenvalue weighted by molar-refractivity contribution is -0.150. The van der Waals surface area contributed by atoms with Crippen LogP contribution in [-0.4, -0.2) is 25.0 Å². The fourth-order valence-electron chi connectivity index (χ4n) is 3.55. The second-order valence-corrected chi connectivity index (χ2v) is 9.75. The van der Waals surface area contributed by atoms with Crippen molar-refractivity contribution in [1.82, 2.24) is 0 Å². The molecule has 1 atom stereocenters. The van der Waals surface area contributed by atoms with Crippen LogP contribution < -0.4 is 15.9 Å². The van der Waals surface area contributed by atoms with Gasteiger partial charge >= 0.3 is 5.97 Å². The summed E-state index contributed by atoms with van der Waals surface area (Å²) in [6, 6.07) is 30.7. The van der Waals surface area contributed by atoms with Crippen LogP contribution in [0, 0.1) is 0 Å². The molecule has 0 N–H and O–H groups in total. The molecule has 0 aliphatic heterocycles. The highest BCUT2D eigenvalue weighted by Crippen LogP contribution is 2.60. The number of carbonyl (C=O) groups excluding carboxylic acids is 1. The zero-order chi connectivity index (χ0) is 19.8. The van der Waals surface area contributed by atoms with Crippen molar-refractivity contribution in [3.63, 3.8) is 0 Å². The molecule has 0 amide bonds. The van der Waals surface area contributed by atoms with Crippen LogP contribution in [0.3, 0.4) is 0 Å². The molecule has 0 aliphatic rings. The Morgan fingerprint density at radius 1 is 0.724 bits per heavy atom. The first-order valence-electron chi connectivity index (χ1n) is 9.59. The second kappa shape index (κ2) is 11.1. The number of hydrogen-bond acceptors (Lipinski definition) is 3. The average molecular weight is 430 g/mol. The molecule has 0 radical (unpaired) electrons. The molecule has 0 saturated heterocycles. The Morgan fingerprint density at radius 2 is 1.10 bits per heavy atom. The smallest absolute Gasteiger partial charge is 0.376 e. The summed E-state index contributed by atoms with van der Waals surface area (Å²) >= 11 is 0. The summed E-state index contributed by atoms with van der Waals surface area (Å²) in [5.74, 6) is -1.01. The molecule has 3 aromatic rings. The average Bonchev–Trinajstić information content (AvgIpc) is 2.76. The molecule has 0 fully saturated rings. The van der Waals surface area contributed by atoms with Crippen molar-refractivity contribution in [3.8, 4) is 0 Å². The molecule has 0 heterocycles. The van der Waals surface area contributed by atoms with Crippen LogP contribution in [0.5, 0.6) is 0 Å². The Morgan fingerprint density at radius 3 is 1.41 bits per heavy atom. The maximum Gasteiger partial charge on any atom is 0.376 e. The van der Waals surface area contributed by atoms with Crippen molar-refractivity contribution in [2.45, 2.75) is 19.7 Å². The van der Waals surface area contributed by atoms with Gasteiger partial charge in [-0.2, -0.15) is 0 Å². The molecule has 0 spiro atoms. The Hall–Kier alpha value is -2.19. The van der Waals surface area contributed by atoms with Crippen molar-refractivity contribution in [3.05, 3.63) is 91.0 Å². The van der Waals surface area contributed by atoms with E-state index in [0.717, 1.165) is 15.9 Å². The number of rotatable bonds is 8. The van der Waals surface area contributed by atoms with Crippen molar-refractivity contribution in [1.29, 1.82) is 0 Å². The summed E-state index contributed by atoms with van der Waals surface area (Å²) in [7, 11) is -2.46. The van der Waals surface area contributed by atoms with Crippen LogP contribution in [0.15, 0.2) is 91.0 Å². The minimum atomic E-state index is -2.46. The number of halogens is 1. The van der Waals surface area contributed by atoms with E-state index < -0.39 is 13.1 Å². The molecular formula is C24H27ClO3P+. The standard InChI is InChI=1S/C24H26O3P.ClH/c1-3-26-23(25)24(27-4-2)28(20-14-8-5-9-15-20,21-16-10-6-11-17-21)22-18-12-7-13-19-22;/h5-19,24H,3-4H2,1-2H3;1H/q+1;. The molecule has 3 aromatic carbocycles. The summed E-state index contributed by atoms with van der Waals surface area (Å²) in [6.07, 6.45) is 0. The molecule has 29 heavy (non-hydrogen) atoms. The Labute approximate surface area is 179 Å². The Bertz CT molecular complexity index is 776. The number of benzene rings is 3. The molecule has 0 saturated carbocycles. The molecule has 3 rings (SSSR count). The lowest BCUT2D eigenvalue weighted by Crippen LogP contribution is -2.44. The summed E-state index contributed by atoms with van der Waals surface area (Å²) < 4.78 is 11.7. The molecule has 1 unspecified atom stereocenters. The van der Waals surface area contributed by atoms with Crippen molar-refractivity contribution in [2.75, 3.05) is 13.2 Å². The molecule has 0 aliphatic carbocycles. The van der Waals surface area contributed by atoms with Gasteiger partial charge < -0.3 is 9.47 Å². The van der Waals surface area contributed by atoms with Crippen molar-refractivity contribution < 1.29 is 14.3 Å². The van der Waals surface area contributed by atoms with E-state index in [1.165, 1.54) is 0 Å². The molecule has 5 heteroatoms. The molecular weight excluding hydrogens is 403 g/mol. The summed E-state index contributed by atoms with van der Waals surface area (Å²) in [6.45, 7) is 4.50. The van der Waals surface area contributed by atoms with E-state index in [4.69, 9.17) is 9.47 Å². The highest BCUT2D eigenvalue weighted by Gasteiger charge is 2.57. The monoisotopic (exact) mass is 429 g/mol. The van der Waals surface area contributed by atoms with Gasteiger partial charge in [-0.15, -0.1) is 12.4 Å². The van der Waals surface area contributed by atoms with Gasteiger partial charge in [0.15, 0.2) is 7.26 Å². The summed E-state index contributed by atoms with van der Waals surface area (Å²) in [5, 5.41) is 3.29. The van der Waals surface area contributed by atoms with E-state index in [9.17, 15) is 4.79 Å². The minimum absolute atomic E-state index is 0. The van der Waals surface area contributed by atoms with Crippen LogP contribution in [-0.2, 0) is 14.3 Å². The SMILES string of the molecule is CCOC(=O)C(OCC)[P+](c1ccccc1)(c1ccccc1)c1ccccc1.Cl. The van der Waals surface area contributed by atoms with Crippen molar-refractivity contribution >= 4 is 41.6 Å². The third-order valence-corrected chi connectivity index (χ3v) is 9.06. The van der Waals surface area contributed by atoms with Gasteiger partial charge in [-0.1, -0.05) is 54.6 Å². The van der Waals surface area contributed by atoms with Gasteiger partial charge in [-0.3, -0.25) is 0 Å². The van der Waals surface area contributed by atoms with Gasteiger partial charge in [0, 0.05) is 6.61 Å². The lowest BCUT2D eigenvalue weighted by Gasteiger charge is -2.32. The molecule has 3 nitrogen and oxygen atoms in total. The number of ether oxygens (including phenoxy) is 2. The molecule has 0 bridgehead atoms. The topological polar surface area (TPSA) is 35.5 Å². The highest BCUT2D eigenvalue weighted by atomic mass is 35.5. The third-order valence-electron chi connectivity index (χ3n) is 4.65. The second-order valence-electron chi connectivity index (χ2n) is 6.29. The predicted molar refractivity (Wildman–Crippen MR) is 124 cm³/mol. The van der Waals surface area contributed by atoms with E-state index in [1.54, 1.807) is 0 Å². The number of hydrogen-bond donors (Lipinski definition) is 0. The summed E-state index contributed by atoms with van der Waals surface area (Å²) in [5.41, 5.74) is 0. The van der Waals surface area contributed by atoms with Crippen LogP contribution >= 0.6 is 19.7 Å². The van der Waals surface area contributed by atoms with Gasteiger partial charge in [-0.05, 0) is 50.2 Å². The van der Waals surface area contributed by atoms with Gasteiger partial charge in [0.2, 0.25) is 0 Å². The predicted octanol–water partition coefficient (Wildman–Crippen LogP) is 4.33. The normalized spacial score (nSPS) is 11.9. The van der Waals surface area contributed by atoms with Crippen molar-refractivity contribution in [2.24, 2.45) is 0 Å². The molecule has 152 valence electrons. The van der Waals surface area contributed by atoms with Crippen LogP contribution in [0.2, 0.25) is 0 Å². The van der Waals surface area contributed by atoms with Gasteiger partial charge in [-0.25, -0.2) is 4.79 Å². The van der Waals surface area contributed by atoms with E-state index in [2.05, 4.69) is 36.4 Å². The highest BCUT2D eigenvalue weighted by molar-refractivity contribution is 7.96. The van der Waals surface area contributed by atoms with Crippen LogP contribution in [0.1, 0.15) is 13.8 Å². The first-order valence-corrected chi connectivity index (χ1v) is 11.4. The zero-order valence-electron chi connectivity index (χ0n) is 16.7. The lowest BCUT2D eigenvalue weighted by atomic mass is 10.4. The largest absolute Gasteiger partial charge is 0.461 e. The zero-order valence-corrected chi connectivity index (χ0v) is 18.4. The van der Waals surface area contributed by atoms with Crippen LogP contribution in [0.4, 0.5) is 0 Å². The summed E-state index contributed by atoms with van der Waals surface area (Å²) in [4.78, 5) is 13.2. The first kappa shape index (κ1) is 23.1. The number of esters is 1. The minimum Gasteiger partial charge on any atom is -0.461 e. The maximum atomic E-state index is 13.2. The quantitative estimate of drug-likeness (QED) is 0.395. The first-order chi connectivity index (χ1) is 13.7. The van der Waals surface area contributed by atoms with Gasteiger partial charge in [0.1, 0.15) is 15.9 Å². The van der Waals surface area contributed by atoms with E-state index in [-0.39, 0.29) is 18.4 Å². The fraction of sp³-hybridized carbons (Fsp3) is 0.208. The molecule has 0 aromatic heterocycles. The number of carbonyl (C=O) groups is 1.